The molecule has 1 aromatic carbocycles. The van der Waals surface area contributed by atoms with Gasteiger partial charge in [-0.3, -0.25) is 4.79 Å². The third-order valence-corrected chi connectivity index (χ3v) is 3.60. The SMILES string of the molecule is CCCNC(=O)NCC1CC(=O)N(Cc2ccccc2)C1. The van der Waals surface area contributed by atoms with Crippen molar-refractivity contribution in [1.82, 2.24) is 15.5 Å². The minimum Gasteiger partial charge on any atom is -0.338 e. The van der Waals surface area contributed by atoms with E-state index in [1.54, 1.807) is 0 Å². The lowest BCUT2D eigenvalue weighted by Gasteiger charge is -2.17. The molecule has 0 aliphatic carbocycles. The predicted molar refractivity (Wildman–Crippen MR) is 81.7 cm³/mol. The normalized spacial score (nSPS) is 17.9. The Hall–Kier alpha value is -2.04. The molecule has 2 N–H and O–H groups in total. The van der Waals surface area contributed by atoms with Crippen LogP contribution in [0.2, 0.25) is 0 Å². The van der Waals surface area contributed by atoms with Gasteiger partial charge in [-0.2, -0.15) is 0 Å². The molecule has 1 unspecified atom stereocenters. The molecule has 2 rings (SSSR count). The van der Waals surface area contributed by atoms with Gasteiger partial charge in [0.1, 0.15) is 0 Å². The Bertz CT molecular complexity index is 476. The van der Waals surface area contributed by atoms with Gasteiger partial charge in [-0.1, -0.05) is 37.3 Å². The average molecular weight is 289 g/mol. The van der Waals surface area contributed by atoms with Crippen molar-refractivity contribution in [3.05, 3.63) is 35.9 Å². The van der Waals surface area contributed by atoms with Crippen molar-refractivity contribution >= 4 is 11.9 Å². The molecule has 0 aromatic heterocycles. The smallest absolute Gasteiger partial charge is 0.314 e. The first-order chi connectivity index (χ1) is 10.2. The van der Waals surface area contributed by atoms with E-state index < -0.39 is 0 Å². The number of likely N-dealkylation sites (tertiary alicyclic amines) is 1. The molecular formula is C16H23N3O2. The number of hydrogen-bond acceptors (Lipinski definition) is 2. The molecule has 1 atom stereocenters. The number of hydrogen-bond donors (Lipinski definition) is 2. The zero-order valence-corrected chi connectivity index (χ0v) is 12.5. The maximum Gasteiger partial charge on any atom is 0.314 e. The zero-order valence-electron chi connectivity index (χ0n) is 12.5. The van der Waals surface area contributed by atoms with Gasteiger partial charge < -0.3 is 15.5 Å². The maximum absolute atomic E-state index is 12.0. The number of nitrogens with one attached hydrogen (secondary N) is 2. The summed E-state index contributed by atoms with van der Waals surface area (Å²) in [6, 6.07) is 9.83. The number of carbonyl (C=O) groups is 2. The van der Waals surface area contributed by atoms with Crippen LogP contribution in [0.15, 0.2) is 30.3 Å². The van der Waals surface area contributed by atoms with Crippen molar-refractivity contribution in [3.8, 4) is 0 Å². The van der Waals surface area contributed by atoms with Crippen LogP contribution in [0, 0.1) is 5.92 Å². The van der Waals surface area contributed by atoms with E-state index in [2.05, 4.69) is 10.6 Å². The van der Waals surface area contributed by atoms with Crippen molar-refractivity contribution in [1.29, 1.82) is 0 Å². The van der Waals surface area contributed by atoms with E-state index in [-0.39, 0.29) is 17.9 Å². The molecule has 1 fully saturated rings. The fourth-order valence-electron chi connectivity index (χ4n) is 2.49. The van der Waals surface area contributed by atoms with Crippen LogP contribution < -0.4 is 10.6 Å². The first kappa shape index (κ1) is 15.4. The molecule has 1 aliphatic rings. The van der Waals surface area contributed by atoms with E-state index >= 15 is 0 Å². The number of nitrogens with zero attached hydrogens (tertiary/aromatic N) is 1. The molecule has 1 heterocycles. The summed E-state index contributed by atoms with van der Waals surface area (Å²) >= 11 is 0. The number of benzene rings is 1. The van der Waals surface area contributed by atoms with Crippen LogP contribution in [0.4, 0.5) is 4.79 Å². The lowest BCUT2D eigenvalue weighted by atomic mass is 10.1. The molecule has 0 saturated carbocycles. The van der Waals surface area contributed by atoms with Gasteiger partial charge in [-0.25, -0.2) is 4.79 Å². The van der Waals surface area contributed by atoms with Crippen molar-refractivity contribution < 1.29 is 9.59 Å². The largest absolute Gasteiger partial charge is 0.338 e. The number of amides is 3. The third-order valence-electron chi connectivity index (χ3n) is 3.60. The fourth-order valence-corrected chi connectivity index (χ4v) is 2.49. The summed E-state index contributed by atoms with van der Waals surface area (Å²) in [5.74, 6) is 0.369. The van der Waals surface area contributed by atoms with Gasteiger partial charge >= 0.3 is 6.03 Å². The van der Waals surface area contributed by atoms with Crippen LogP contribution in [0.5, 0.6) is 0 Å². The summed E-state index contributed by atoms with van der Waals surface area (Å²) in [6.07, 6.45) is 1.43. The van der Waals surface area contributed by atoms with Crippen LogP contribution in [0.25, 0.3) is 0 Å². The molecule has 0 bridgehead atoms. The third kappa shape index (κ3) is 4.77. The lowest BCUT2D eigenvalue weighted by Crippen LogP contribution is -2.39. The van der Waals surface area contributed by atoms with Crippen LogP contribution in [0.1, 0.15) is 25.3 Å². The van der Waals surface area contributed by atoms with E-state index in [4.69, 9.17) is 0 Å². The van der Waals surface area contributed by atoms with Gasteiger partial charge in [0.15, 0.2) is 0 Å². The monoisotopic (exact) mass is 289 g/mol. The van der Waals surface area contributed by atoms with E-state index in [0.717, 1.165) is 12.0 Å². The number of carbonyl (C=O) groups excluding carboxylic acids is 2. The molecule has 21 heavy (non-hydrogen) atoms. The minimum atomic E-state index is -0.147. The van der Waals surface area contributed by atoms with Gasteiger partial charge in [0.25, 0.3) is 0 Å². The van der Waals surface area contributed by atoms with Crippen LogP contribution in [-0.2, 0) is 11.3 Å². The second-order valence-corrected chi connectivity index (χ2v) is 5.47. The van der Waals surface area contributed by atoms with E-state index in [1.807, 2.05) is 42.2 Å². The summed E-state index contributed by atoms with van der Waals surface area (Å²) in [5.41, 5.74) is 1.14. The van der Waals surface area contributed by atoms with Crippen LogP contribution in [0.3, 0.4) is 0 Å². The van der Waals surface area contributed by atoms with Crippen molar-refractivity contribution in [3.63, 3.8) is 0 Å². The van der Waals surface area contributed by atoms with Gasteiger partial charge in [0, 0.05) is 38.5 Å². The highest BCUT2D eigenvalue weighted by atomic mass is 16.2. The molecule has 5 heteroatoms. The summed E-state index contributed by atoms with van der Waals surface area (Å²) in [5, 5.41) is 5.61. The molecule has 1 saturated heterocycles. The molecule has 1 aliphatic heterocycles. The van der Waals surface area contributed by atoms with E-state index in [9.17, 15) is 9.59 Å². The number of rotatable bonds is 6. The fraction of sp³-hybridized carbons (Fsp3) is 0.500. The maximum atomic E-state index is 12.0. The van der Waals surface area contributed by atoms with Gasteiger partial charge in [0.05, 0.1) is 0 Å². The van der Waals surface area contributed by atoms with E-state index in [0.29, 0.717) is 32.6 Å². The summed E-state index contributed by atoms with van der Waals surface area (Å²) in [6.45, 7) is 4.60. The van der Waals surface area contributed by atoms with Crippen LogP contribution in [-0.4, -0.2) is 36.5 Å². The summed E-state index contributed by atoms with van der Waals surface area (Å²) < 4.78 is 0. The highest BCUT2D eigenvalue weighted by Gasteiger charge is 2.29. The Balaban J connectivity index is 1.76. The zero-order chi connectivity index (χ0) is 15.1. The van der Waals surface area contributed by atoms with Gasteiger partial charge in [-0.05, 0) is 12.0 Å². The molecule has 114 valence electrons. The Morgan fingerprint density at radius 2 is 2.05 bits per heavy atom. The lowest BCUT2D eigenvalue weighted by molar-refractivity contribution is -0.128. The highest BCUT2D eigenvalue weighted by Crippen LogP contribution is 2.19. The Morgan fingerprint density at radius 3 is 2.76 bits per heavy atom. The first-order valence-corrected chi connectivity index (χ1v) is 7.52. The second kappa shape index (κ2) is 7.67. The molecule has 3 amide bonds. The van der Waals surface area contributed by atoms with Gasteiger partial charge in [0.2, 0.25) is 5.91 Å². The standard InChI is InChI=1S/C16H23N3O2/c1-2-8-17-16(21)18-10-14-9-15(20)19(12-14)11-13-6-4-3-5-7-13/h3-7,14H,2,8-12H2,1H3,(H2,17,18,21). The Kier molecular flexibility index (Phi) is 5.60. The molecule has 0 radical (unpaired) electrons. The quantitative estimate of drug-likeness (QED) is 0.838. The Labute approximate surface area is 125 Å². The summed E-state index contributed by atoms with van der Waals surface area (Å²) in [4.78, 5) is 25.4. The molecular weight excluding hydrogens is 266 g/mol. The number of urea groups is 1. The second-order valence-electron chi connectivity index (χ2n) is 5.47. The average Bonchev–Trinajstić information content (AvgIpc) is 2.84. The molecule has 0 spiro atoms. The van der Waals surface area contributed by atoms with Crippen molar-refractivity contribution in [2.75, 3.05) is 19.6 Å². The molecule has 1 aromatic rings. The Morgan fingerprint density at radius 1 is 1.29 bits per heavy atom. The van der Waals surface area contributed by atoms with Crippen molar-refractivity contribution in [2.45, 2.75) is 26.3 Å². The van der Waals surface area contributed by atoms with Crippen molar-refractivity contribution in [2.24, 2.45) is 5.92 Å². The van der Waals surface area contributed by atoms with E-state index in [1.165, 1.54) is 0 Å². The summed E-state index contributed by atoms with van der Waals surface area (Å²) in [7, 11) is 0. The predicted octanol–water partition coefficient (Wildman–Crippen LogP) is 1.74. The highest BCUT2D eigenvalue weighted by molar-refractivity contribution is 5.79. The minimum absolute atomic E-state index is 0.147. The first-order valence-electron chi connectivity index (χ1n) is 7.52. The van der Waals surface area contributed by atoms with Crippen LogP contribution >= 0.6 is 0 Å². The topological polar surface area (TPSA) is 61.4 Å². The van der Waals surface area contributed by atoms with Gasteiger partial charge in [-0.15, -0.1) is 0 Å². The molecule has 5 nitrogen and oxygen atoms in total.